The van der Waals surface area contributed by atoms with Gasteiger partial charge in [0.1, 0.15) is 0 Å². The Bertz CT molecular complexity index is 1120. The normalized spacial score (nSPS) is 23.0. The van der Waals surface area contributed by atoms with Crippen molar-refractivity contribution in [2.75, 3.05) is 39.3 Å². The average molecular weight is 564 g/mol. The predicted octanol–water partition coefficient (Wildman–Crippen LogP) is 4.79. The monoisotopic (exact) mass is 562 g/mol. The lowest BCUT2D eigenvalue weighted by Gasteiger charge is -2.43. The van der Waals surface area contributed by atoms with Crippen molar-refractivity contribution in [2.24, 2.45) is 5.92 Å². The zero-order valence-corrected chi connectivity index (χ0v) is 23.6. The number of carbonyl (C=O) groups is 3. The van der Waals surface area contributed by atoms with Gasteiger partial charge in [0.2, 0.25) is 5.91 Å². The summed E-state index contributed by atoms with van der Waals surface area (Å²) in [5, 5.41) is 3.72. The summed E-state index contributed by atoms with van der Waals surface area (Å²) >= 11 is 12.6. The van der Waals surface area contributed by atoms with Crippen LogP contribution in [0.25, 0.3) is 0 Å². The molecule has 8 nitrogen and oxygen atoms in total. The standard InChI is InChI=1S/C28H36Cl2N4O4/c1-4-12-34-23(17-32-13-14-33(18(3)16-32)26(35)19-8-6-7-9-19)24(27(36)38-5-2)25(31-28(34)37)21-11-10-20(29)15-22(21)30/h4,10-11,15,18-19,25H,1,5-9,12-14,16-17H2,2-3H3,(H,31,37). The quantitative estimate of drug-likeness (QED) is 0.364. The number of esters is 1. The third-order valence-corrected chi connectivity index (χ3v) is 8.15. The van der Waals surface area contributed by atoms with Crippen LogP contribution < -0.4 is 5.32 Å². The van der Waals surface area contributed by atoms with Crippen LogP contribution in [0.15, 0.2) is 42.1 Å². The molecule has 1 aromatic carbocycles. The lowest BCUT2D eigenvalue weighted by molar-refractivity contribution is -0.140. The summed E-state index contributed by atoms with van der Waals surface area (Å²) in [6.45, 7) is 10.2. The summed E-state index contributed by atoms with van der Waals surface area (Å²) in [6.07, 6.45) is 5.81. The fourth-order valence-electron chi connectivity index (χ4n) is 5.74. The molecule has 2 unspecified atom stereocenters. The zero-order chi connectivity index (χ0) is 27.4. The van der Waals surface area contributed by atoms with Crippen molar-refractivity contribution in [3.63, 3.8) is 0 Å². The number of ether oxygens (including phenoxy) is 1. The van der Waals surface area contributed by atoms with Crippen molar-refractivity contribution in [2.45, 2.75) is 51.6 Å². The highest BCUT2D eigenvalue weighted by molar-refractivity contribution is 6.35. The van der Waals surface area contributed by atoms with Crippen molar-refractivity contribution < 1.29 is 19.1 Å². The van der Waals surface area contributed by atoms with Gasteiger partial charge in [-0.3, -0.25) is 14.6 Å². The Kier molecular flexibility index (Phi) is 9.39. The first-order valence-corrected chi connectivity index (χ1v) is 14.1. The van der Waals surface area contributed by atoms with Crippen molar-refractivity contribution in [3.05, 3.63) is 57.7 Å². The van der Waals surface area contributed by atoms with E-state index in [0.717, 1.165) is 25.7 Å². The number of urea groups is 1. The van der Waals surface area contributed by atoms with Gasteiger partial charge in [-0.05, 0) is 44.4 Å². The molecule has 1 N–H and O–H groups in total. The van der Waals surface area contributed by atoms with Gasteiger partial charge in [-0.2, -0.15) is 0 Å². The number of amides is 3. The Labute approximate surface area is 234 Å². The van der Waals surface area contributed by atoms with Crippen LogP contribution in [0, 0.1) is 5.92 Å². The number of rotatable bonds is 8. The minimum atomic E-state index is -0.801. The molecular formula is C28H36Cl2N4O4. The molecule has 4 rings (SSSR count). The Hall–Kier alpha value is -2.55. The van der Waals surface area contributed by atoms with E-state index < -0.39 is 12.0 Å². The van der Waals surface area contributed by atoms with Gasteiger partial charge in [0, 0.05) is 60.4 Å². The second kappa shape index (κ2) is 12.5. The van der Waals surface area contributed by atoms with Crippen LogP contribution in [0.5, 0.6) is 0 Å². The number of nitrogens with zero attached hydrogens (tertiary/aromatic N) is 3. The molecule has 1 aliphatic carbocycles. The average Bonchev–Trinajstić information content (AvgIpc) is 3.41. The molecular weight excluding hydrogens is 527 g/mol. The van der Waals surface area contributed by atoms with Crippen LogP contribution in [0.2, 0.25) is 10.0 Å². The molecule has 2 heterocycles. The van der Waals surface area contributed by atoms with Crippen LogP contribution >= 0.6 is 23.2 Å². The van der Waals surface area contributed by atoms with Crippen LogP contribution in [-0.2, 0) is 14.3 Å². The lowest BCUT2D eigenvalue weighted by atomic mass is 9.93. The SMILES string of the molecule is C=CCN1C(=O)NC(c2ccc(Cl)cc2Cl)C(C(=O)OCC)=C1CN1CCN(C(=O)C2CCCC2)C(C)C1. The van der Waals surface area contributed by atoms with Crippen LogP contribution in [-0.4, -0.2) is 78.0 Å². The van der Waals surface area contributed by atoms with Gasteiger partial charge in [-0.25, -0.2) is 9.59 Å². The van der Waals surface area contributed by atoms with Crippen LogP contribution in [0.4, 0.5) is 4.79 Å². The Balaban J connectivity index is 1.67. The fraction of sp³-hybridized carbons (Fsp3) is 0.536. The predicted molar refractivity (Wildman–Crippen MR) is 148 cm³/mol. The molecule has 2 aliphatic heterocycles. The summed E-state index contributed by atoms with van der Waals surface area (Å²) in [4.78, 5) is 45.5. The molecule has 3 aliphatic rings. The number of benzene rings is 1. The third kappa shape index (κ3) is 6.03. The Morgan fingerprint density at radius 1 is 1.21 bits per heavy atom. The summed E-state index contributed by atoms with van der Waals surface area (Å²) < 4.78 is 5.46. The van der Waals surface area contributed by atoms with Gasteiger partial charge in [0.05, 0.1) is 18.2 Å². The second-order valence-electron chi connectivity index (χ2n) is 10.1. The highest BCUT2D eigenvalue weighted by atomic mass is 35.5. The van der Waals surface area contributed by atoms with E-state index in [2.05, 4.69) is 23.7 Å². The summed E-state index contributed by atoms with van der Waals surface area (Å²) in [6, 6.07) is 3.85. The summed E-state index contributed by atoms with van der Waals surface area (Å²) in [5.74, 6) is -0.128. The molecule has 1 saturated carbocycles. The largest absolute Gasteiger partial charge is 0.463 e. The number of piperazine rings is 1. The van der Waals surface area contributed by atoms with Crippen molar-refractivity contribution in [1.29, 1.82) is 0 Å². The first kappa shape index (κ1) is 28.5. The number of nitrogens with one attached hydrogen (secondary N) is 1. The van der Waals surface area contributed by atoms with E-state index in [-0.39, 0.29) is 37.0 Å². The molecule has 38 heavy (non-hydrogen) atoms. The van der Waals surface area contributed by atoms with E-state index in [1.165, 1.54) is 4.90 Å². The van der Waals surface area contributed by atoms with Gasteiger partial charge in [-0.15, -0.1) is 6.58 Å². The van der Waals surface area contributed by atoms with E-state index in [9.17, 15) is 14.4 Å². The smallest absolute Gasteiger partial charge is 0.338 e. The maximum absolute atomic E-state index is 13.4. The molecule has 206 valence electrons. The molecule has 1 saturated heterocycles. The maximum Gasteiger partial charge on any atom is 0.338 e. The van der Waals surface area contributed by atoms with Gasteiger partial charge >= 0.3 is 12.0 Å². The molecule has 0 bridgehead atoms. The van der Waals surface area contributed by atoms with Crippen molar-refractivity contribution >= 4 is 41.1 Å². The molecule has 0 radical (unpaired) electrons. The third-order valence-electron chi connectivity index (χ3n) is 7.59. The number of hydrogen-bond acceptors (Lipinski definition) is 5. The van der Waals surface area contributed by atoms with Gasteiger partial charge in [0.25, 0.3) is 0 Å². The van der Waals surface area contributed by atoms with E-state index in [1.54, 1.807) is 31.2 Å². The minimum Gasteiger partial charge on any atom is -0.463 e. The van der Waals surface area contributed by atoms with Gasteiger partial charge in [-0.1, -0.05) is 48.2 Å². The van der Waals surface area contributed by atoms with E-state index in [1.807, 2.05) is 4.90 Å². The summed E-state index contributed by atoms with van der Waals surface area (Å²) in [5.41, 5.74) is 1.43. The summed E-state index contributed by atoms with van der Waals surface area (Å²) in [7, 11) is 0. The molecule has 2 atom stereocenters. The molecule has 1 aromatic rings. The molecule has 10 heteroatoms. The van der Waals surface area contributed by atoms with Crippen molar-refractivity contribution in [1.82, 2.24) is 20.0 Å². The zero-order valence-electron chi connectivity index (χ0n) is 22.1. The van der Waals surface area contributed by atoms with Crippen molar-refractivity contribution in [3.8, 4) is 0 Å². The Morgan fingerprint density at radius 3 is 2.58 bits per heavy atom. The van der Waals surface area contributed by atoms with Crippen LogP contribution in [0.1, 0.15) is 51.1 Å². The molecule has 0 aromatic heterocycles. The number of halogens is 2. The van der Waals surface area contributed by atoms with E-state index in [4.69, 9.17) is 27.9 Å². The Morgan fingerprint density at radius 2 is 1.95 bits per heavy atom. The highest BCUT2D eigenvalue weighted by Crippen LogP contribution is 2.37. The lowest BCUT2D eigenvalue weighted by Crippen LogP contribution is -2.57. The second-order valence-corrected chi connectivity index (χ2v) is 11.0. The van der Waals surface area contributed by atoms with Gasteiger partial charge in [0.15, 0.2) is 0 Å². The van der Waals surface area contributed by atoms with E-state index in [0.29, 0.717) is 53.1 Å². The number of hydrogen-bond donors (Lipinski definition) is 1. The van der Waals surface area contributed by atoms with E-state index >= 15 is 0 Å². The first-order chi connectivity index (χ1) is 18.2. The molecule has 0 spiro atoms. The first-order valence-electron chi connectivity index (χ1n) is 13.3. The molecule has 2 fully saturated rings. The number of carbonyl (C=O) groups excluding carboxylic acids is 3. The highest BCUT2D eigenvalue weighted by Gasteiger charge is 2.40. The molecule has 3 amide bonds. The minimum absolute atomic E-state index is 0.0234. The maximum atomic E-state index is 13.4. The van der Waals surface area contributed by atoms with Gasteiger partial charge < -0.3 is 15.0 Å². The fourth-order valence-corrected chi connectivity index (χ4v) is 6.26. The topological polar surface area (TPSA) is 82.2 Å². The van der Waals surface area contributed by atoms with Crippen LogP contribution in [0.3, 0.4) is 0 Å².